The van der Waals surface area contributed by atoms with E-state index in [1.165, 1.54) is 12.1 Å². The SMILES string of the molecule is COc1cc(C2SC(C)C(=O)Nc3n[nH]c(C)c32)ccc1OCc1ccc(F)cc1. The number of carbonyl (C=O) groups excluding carboxylic acids is 1. The summed E-state index contributed by atoms with van der Waals surface area (Å²) in [4.78, 5) is 12.3. The molecule has 0 spiro atoms. The Balaban J connectivity index is 1.62. The lowest BCUT2D eigenvalue weighted by Crippen LogP contribution is -2.21. The normalized spacial score (nSPS) is 18.3. The van der Waals surface area contributed by atoms with E-state index < -0.39 is 0 Å². The van der Waals surface area contributed by atoms with Crippen LogP contribution in [0.1, 0.15) is 34.6 Å². The van der Waals surface area contributed by atoms with Crippen LogP contribution in [0.2, 0.25) is 0 Å². The van der Waals surface area contributed by atoms with Crippen LogP contribution >= 0.6 is 11.8 Å². The number of ether oxygens (including phenoxy) is 2. The van der Waals surface area contributed by atoms with Crippen molar-refractivity contribution in [3.8, 4) is 11.5 Å². The highest BCUT2D eigenvalue weighted by Crippen LogP contribution is 2.46. The topological polar surface area (TPSA) is 76.2 Å². The van der Waals surface area contributed by atoms with E-state index in [0.29, 0.717) is 23.9 Å². The average molecular weight is 428 g/mol. The Bertz CT molecular complexity index is 1070. The molecule has 0 saturated carbocycles. The lowest BCUT2D eigenvalue weighted by atomic mass is 10.0. The number of benzene rings is 2. The van der Waals surface area contributed by atoms with Gasteiger partial charge in [-0.25, -0.2) is 4.39 Å². The van der Waals surface area contributed by atoms with Gasteiger partial charge in [-0.05, 0) is 49.2 Å². The first-order valence-corrected chi connectivity index (χ1v) is 10.5. The van der Waals surface area contributed by atoms with Gasteiger partial charge in [-0.2, -0.15) is 5.10 Å². The number of fused-ring (bicyclic) bond motifs is 1. The van der Waals surface area contributed by atoms with Crippen LogP contribution in [-0.4, -0.2) is 28.5 Å². The minimum atomic E-state index is -0.280. The summed E-state index contributed by atoms with van der Waals surface area (Å²) in [5.74, 6) is 1.40. The fourth-order valence-electron chi connectivity index (χ4n) is 3.36. The zero-order valence-electron chi connectivity index (χ0n) is 16.9. The number of aryl methyl sites for hydroxylation is 1. The second-order valence-corrected chi connectivity index (χ2v) is 8.53. The van der Waals surface area contributed by atoms with Gasteiger partial charge in [0.1, 0.15) is 12.4 Å². The number of nitrogens with zero attached hydrogens (tertiary/aromatic N) is 1. The number of methoxy groups -OCH3 is 1. The minimum absolute atomic E-state index is 0.0681. The molecule has 6 nitrogen and oxygen atoms in total. The van der Waals surface area contributed by atoms with E-state index in [0.717, 1.165) is 22.4 Å². The third-order valence-electron chi connectivity index (χ3n) is 5.01. The van der Waals surface area contributed by atoms with Gasteiger partial charge >= 0.3 is 0 Å². The van der Waals surface area contributed by atoms with E-state index in [1.54, 1.807) is 31.0 Å². The molecule has 0 radical (unpaired) electrons. The van der Waals surface area contributed by atoms with Crippen LogP contribution in [0.15, 0.2) is 42.5 Å². The van der Waals surface area contributed by atoms with E-state index in [-0.39, 0.29) is 22.2 Å². The van der Waals surface area contributed by atoms with Crippen LogP contribution in [0, 0.1) is 12.7 Å². The van der Waals surface area contributed by atoms with Crippen molar-refractivity contribution in [1.29, 1.82) is 0 Å². The Morgan fingerprint density at radius 3 is 2.67 bits per heavy atom. The number of aromatic nitrogens is 2. The van der Waals surface area contributed by atoms with Crippen molar-refractivity contribution in [1.82, 2.24) is 10.2 Å². The second kappa shape index (κ2) is 8.39. The highest BCUT2D eigenvalue weighted by atomic mass is 32.2. The summed E-state index contributed by atoms with van der Waals surface area (Å²) in [6, 6.07) is 11.9. The third-order valence-corrected chi connectivity index (χ3v) is 6.41. The van der Waals surface area contributed by atoms with E-state index in [2.05, 4.69) is 15.5 Å². The third kappa shape index (κ3) is 4.00. The molecule has 0 aliphatic carbocycles. The molecule has 2 heterocycles. The molecule has 2 unspecified atom stereocenters. The first-order chi connectivity index (χ1) is 14.5. The Kier molecular flexibility index (Phi) is 5.67. The number of H-pyrrole nitrogens is 1. The van der Waals surface area contributed by atoms with Crippen molar-refractivity contribution in [2.75, 3.05) is 12.4 Å². The number of nitrogens with one attached hydrogen (secondary N) is 2. The predicted octanol–water partition coefficient (Wildman–Crippen LogP) is 4.61. The fraction of sp³-hybridized carbons (Fsp3) is 0.273. The summed E-state index contributed by atoms with van der Waals surface area (Å²) >= 11 is 1.56. The van der Waals surface area contributed by atoms with Crippen molar-refractivity contribution < 1.29 is 18.7 Å². The molecule has 30 heavy (non-hydrogen) atoms. The lowest BCUT2D eigenvalue weighted by molar-refractivity contribution is -0.115. The van der Waals surface area contributed by atoms with Gasteiger partial charge in [0.2, 0.25) is 5.91 Å². The largest absolute Gasteiger partial charge is 0.493 e. The van der Waals surface area contributed by atoms with E-state index in [4.69, 9.17) is 9.47 Å². The quantitative estimate of drug-likeness (QED) is 0.622. The number of hydrogen-bond acceptors (Lipinski definition) is 5. The maximum Gasteiger partial charge on any atom is 0.238 e. The summed E-state index contributed by atoms with van der Waals surface area (Å²) in [6.45, 7) is 4.13. The molecular weight excluding hydrogens is 405 g/mol. The second-order valence-electron chi connectivity index (χ2n) is 7.08. The number of halogens is 1. The van der Waals surface area contributed by atoms with Crippen LogP contribution in [0.5, 0.6) is 11.5 Å². The number of rotatable bonds is 5. The molecule has 0 bridgehead atoms. The monoisotopic (exact) mass is 427 g/mol. The molecule has 2 N–H and O–H groups in total. The van der Waals surface area contributed by atoms with Crippen LogP contribution in [0.25, 0.3) is 0 Å². The predicted molar refractivity (Wildman–Crippen MR) is 115 cm³/mol. The standard InChI is InChI=1S/C22H22FN3O3S/c1-12-19-20(30-13(2)22(27)24-21(19)26-25-12)15-6-9-17(18(10-15)28-3)29-11-14-4-7-16(23)8-5-14/h4-10,13,20H,11H2,1-3H3,(H2,24,25,26,27). The number of anilines is 1. The maximum absolute atomic E-state index is 13.1. The van der Waals surface area contributed by atoms with E-state index in [9.17, 15) is 9.18 Å². The lowest BCUT2D eigenvalue weighted by Gasteiger charge is -2.19. The molecule has 156 valence electrons. The fourth-order valence-corrected chi connectivity index (χ4v) is 4.68. The zero-order chi connectivity index (χ0) is 21.3. The Morgan fingerprint density at radius 1 is 1.17 bits per heavy atom. The Morgan fingerprint density at radius 2 is 1.93 bits per heavy atom. The minimum Gasteiger partial charge on any atom is -0.493 e. The summed E-state index contributed by atoms with van der Waals surface area (Å²) in [5.41, 5.74) is 3.71. The van der Waals surface area contributed by atoms with Gasteiger partial charge in [-0.1, -0.05) is 18.2 Å². The summed E-state index contributed by atoms with van der Waals surface area (Å²) < 4.78 is 24.5. The number of aromatic amines is 1. The van der Waals surface area contributed by atoms with Crippen LogP contribution in [0.4, 0.5) is 10.2 Å². The van der Waals surface area contributed by atoms with Crippen molar-refractivity contribution in [2.45, 2.75) is 31.0 Å². The first kappa shape index (κ1) is 20.3. The average Bonchev–Trinajstić information content (AvgIpc) is 3.04. The summed E-state index contributed by atoms with van der Waals surface area (Å²) in [5, 5.41) is 9.78. The van der Waals surface area contributed by atoms with Gasteiger partial charge in [-0.3, -0.25) is 9.89 Å². The number of hydrogen-bond donors (Lipinski definition) is 2. The van der Waals surface area contributed by atoms with Gasteiger partial charge in [0, 0.05) is 11.3 Å². The molecule has 1 aliphatic heterocycles. The molecule has 0 saturated heterocycles. The number of carbonyl (C=O) groups is 1. The van der Waals surface area contributed by atoms with Gasteiger partial charge in [0.05, 0.1) is 17.6 Å². The number of amides is 1. The molecular formula is C22H22FN3O3S. The first-order valence-electron chi connectivity index (χ1n) is 9.52. The van der Waals surface area contributed by atoms with Crippen LogP contribution in [0.3, 0.4) is 0 Å². The maximum atomic E-state index is 13.1. The Hall–Kier alpha value is -3.00. The van der Waals surface area contributed by atoms with Crippen molar-refractivity contribution in [3.05, 3.63) is 70.7 Å². The van der Waals surface area contributed by atoms with E-state index in [1.807, 2.05) is 32.0 Å². The highest BCUT2D eigenvalue weighted by Gasteiger charge is 2.32. The molecule has 1 aliphatic rings. The van der Waals surface area contributed by atoms with E-state index >= 15 is 0 Å². The van der Waals surface area contributed by atoms with Gasteiger partial charge < -0.3 is 14.8 Å². The molecule has 0 fully saturated rings. The summed E-state index contributed by atoms with van der Waals surface area (Å²) in [7, 11) is 1.59. The van der Waals surface area contributed by atoms with Gasteiger partial charge in [0.25, 0.3) is 0 Å². The zero-order valence-corrected chi connectivity index (χ0v) is 17.7. The van der Waals surface area contributed by atoms with Gasteiger partial charge in [0.15, 0.2) is 17.3 Å². The molecule has 2 atom stereocenters. The number of thioether (sulfide) groups is 1. The van der Waals surface area contributed by atoms with Crippen LogP contribution < -0.4 is 14.8 Å². The Labute approximate surface area is 178 Å². The molecule has 4 rings (SSSR count). The molecule has 2 aromatic carbocycles. The summed E-state index contributed by atoms with van der Waals surface area (Å²) in [6.07, 6.45) is 0. The smallest absolute Gasteiger partial charge is 0.238 e. The van der Waals surface area contributed by atoms with Crippen molar-refractivity contribution in [2.24, 2.45) is 0 Å². The van der Waals surface area contributed by atoms with Crippen molar-refractivity contribution in [3.63, 3.8) is 0 Å². The molecule has 1 amide bonds. The molecule has 3 aromatic rings. The molecule has 1 aromatic heterocycles. The van der Waals surface area contributed by atoms with Gasteiger partial charge in [-0.15, -0.1) is 11.8 Å². The molecule has 8 heteroatoms. The highest BCUT2D eigenvalue weighted by molar-refractivity contribution is 8.01. The van der Waals surface area contributed by atoms with Crippen LogP contribution in [-0.2, 0) is 11.4 Å². The van der Waals surface area contributed by atoms with Crippen molar-refractivity contribution >= 4 is 23.5 Å².